The molecule has 0 bridgehead atoms. The fraction of sp³-hybridized carbons (Fsp3) is 0.381. The van der Waals surface area contributed by atoms with Gasteiger partial charge in [-0.1, -0.05) is 12.1 Å². The Morgan fingerprint density at radius 1 is 1.14 bits per heavy atom. The standard InChI is InChI=1S/C21H28N2O5S/c1-16(28-19-12-10-18(11-13-19)23(2)29(4,25)26)21(24)22-14-6-8-17-7-5-9-20(15-17)27-3/h5,7,9-13,15-16H,6,8,14H2,1-4H3,(H,22,24)/t16-/m1/s1. The Labute approximate surface area is 172 Å². The first-order valence-corrected chi connectivity index (χ1v) is 11.2. The Hall–Kier alpha value is -2.74. The highest BCUT2D eigenvalue weighted by molar-refractivity contribution is 7.92. The molecule has 0 saturated heterocycles. The maximum atomic E-state index is 12.2. The van der Waals surface area contributed by atoms with Crippen molar-refractivity contribution in [3.8, 4) is 11.5 Å². The number of hydrogen-bond donors (Lipinski definition) is 1. The number of carbonyl (C=O) groups is 1. The molecule has 29 heavy (non-hydrogen) atoms. The van der Waals surface area contributed by atoms with E-state index in [4.69, 9.17) is 9.47 Å². The van der Waals surface area contributed by atoms with E-state index in [1.807, 2.05) is 24.3 Å². The molecule has 0 unspecified atom stereocenters. The van der Waals surface area contributed by atoms with Crippen LogP contribution in [0, 0.1) is 0 Å². The number of benzene rings is 2. The lowest BCUT2D eigenvalue weighted by molar-refractivity contribution is -0.127. The van der Waals surface area contributed by atoms with Crippen LogP contribution in [0.25, 0.3) is 0 Å². The van der Waals surface area contributed by atoms with Crippen LogP contribution < -0.4 is 19.1 Å². The molecule has 0 spiro atoms. The minimum Gasteiger partial charge on any atom is -0.497 e. The number of ether oxygens (including phenoxy) is 2. The van der Waals surface area contributed by atoms with Crippen LogP contribution in [-0.4, -0.2) is 47.4 Å². The third kappa shape index (κ3) is 6.98. The summed E-state index contributed by atoms with van der Waals surface area (Å²) >= 11 is 0. The van der Waals surface area contributed by atoms with Crippen LogP contribution in [0.1, 0.15) is 18.9 Å². The first-order chi connectivity index (χ1) is 13.7. The van der Waals surface area contributed by atoms with Gasteiger partial charge in [0.2, 0.25) is 10.0 Å². The van der Waals surface area contributed by atoms with Gasteiger partial charge in [0.05, 0.1) is 19.1 Å². The number of sulfonamides is 1. The van der Waals surface area contributed by atoms with Crippen molar-refractivity contribution in [1.82, 2.24) is 5.32 Å². The normalized spacial score (nSPS) is 12.1. The van der Waals surface area contributed by atoms with Crippen LogP contribution in [-0.2, 0) is 21.2 Å². The van der Waals surface area contributed by atoms with Crippen LogP contribution >= 0.6 is 0 Å². The molecule has 1 amide bonds. The van der Waals surface area contributed by atoms with E-state index in [1.165, 1.54) is 11.4 Å². The highest BCUT2D eigenvalue weighted by Crippen LogP contribution is 2.21. The van der Waals surface area contributed by atoms with E-state index in [2.05, 4.69) is 5.32 Å². The SMILES string of the molecule is COc1cccc(CCCNC(=O)[C@@H](C)Oc2ccc(N(C)S(C)(=O)=O)cc2)c1. The Morgan fingerprint density at radius 2 is 1.83 bits per heavy atom. The van der Waals surface area contributed by atoms with Crippen LogP contribution in [0.15, 0.2) is 48.5 Å². The Bertz CT molecular complexity index is 913. The summed E-state index contributed by atoms with van der Waals surface area (Å²) in [5, 5.41) is 2.87. The van der Waals surface area contributed by atoms with E-state index in [1.54, 1.807) is 38.3 Å². The Morgan fingerprint density at radius 3 is 2.45 bits per heavy atom. The van der Waals surface area contributed by atoms with Gasteiger partial charge in [-0.25, -0.2) is 8.42 Å². The molecule has 1 N–H and O–H groups in total. The number of rotatable bonds is 10. The van der Waals surface area contributed by atoms with Gasteiger partial charge in [-0.15, -0.1) is 0 Å². The number of aryl methyl sites for hydroxylation is 1. The van der Waals surface area contributed by atoms with Crippen molar-refractivity contribution < 1.29 is 22.7 Å². The molecule has 0 aliphatic rings. The van der Waals surface area contributed by atoms with Crippen LogP contribution in [0.4, 0.5) is 5.69 Å². The molecule has 0 heterocycles. The van der Waals surface area contributed by atoms with E-state index < -0.39 is 16.1 Å². The molecule has 2 aromatic rings. The second-order valence-corrected chi connectivity index (χ2v) is 8.74. The number of carbonyl (C=O) groups excluding carboxylic acids is 1. The average Bonchev–Trinajstić information content (AvgIpc) is 2.70. The number of nitrogens with one attached hydrogen (secondary N) is 1. The van der Waals surface area contributed by atoms with Crippen LogP contribution in [0.2, 0.25) is 0 Å². The van der Waals surface area contributed by atoms with E-state index in [-0.39, 0.29) is 5.91 Å². The first kappa shape index (κ1) is 22.5. The quantitative estimate of drug-likeness (QED) is 0.597. The van der Waals surface area contributed by atoms with Crippen molar-refractivity contribution in [2.24, 2.45) is 0 Å². The van der Waals surface area contributed by atoms with Crippen LogP contribution in [0.3, 0.4) is 0 Å². The second-order valence-electron chi connectivity index (χ2n) is 6.73. The third-order valence-electron chi connectivity index (χ3n) is 4.46. The Balaban J connectivity index is 1.78. The molecule has 0 radical (unpaired) electrons. The molecule has 1 atom stereocenters. The fourth-order valence-electron chi connectivity index (χ4n) is 2.66. The number of anilines is 1. The summed E-state index contributed by atoms with van der Waals surface area (Å²) in [7, 11) is -0.205. The van der Waals surface area contributed by atoms with Crippen molar-refractivity contribution in [2.45, 2.75) is 25.9 Å². The minimum absolute atomic E-state index is 0.201. The summed E-state index contributed by atoms with van der Waals surface area (Å²) in [5.41, 5.74) is 1.68. The zero-order chi connectivity index (χ0) is 21.4. The predicted octanol–water partition coefficient (Wildman–Crippen LogP) is 2.61. The number of amides is 1. The lowest BCUT2D eigenvalue weighted by Crippen LogP contribution is -2.36. The lowest BCUT2D eigenvalue weighted by Gasteiger charge is -2.18. The fourth-order valence-corrected chi connectivity index (χ4v) is 3.16. The highest BCUT2D eigenvalue weighted by Gasteiger charge is 2.15. The Kier molecular flexibility index (Phi) is 7.90. The number of nitrogens with zero attached hydrogens (tertiary/aromatic N) is 1. The first-order valence-electron chi connectivity index (χ1n) is 9.32. The van der Waals surface area contributed by atoms with Crippen molar-refractivity contribution in [2.75, 3.05) is 31.3 Å². The van der Waals surface area contributed by atoms with Crippen molar-refractivity contribution >= 4 is 21.6 Å². The van der Waals surface area contributed by atoms with Gasteiger partial charge in [0, 0.05) is 13.6 Å². The molecule has 0 aliphatic heterocycles. The van der Waals surface area contributed by atoms with Crippen molar-refractivity contribution in [3.63, 3.8) is 0 Å². The minimum atomic E-state index is -3.32. The molecular weight excluding hydrogens is 392 g/mol. The smallest absolute Gasteiger partial charge is 0.260 e. The summed E-state index contributed by atoms with van der Waals surface area (Å²) in [6.45, 7) is 2.22. The summed E-state index contributed by atoms with van der Waals surface area (Å²) < 4.78 is 35.2. The van der Waals surface area contributed by atoms with Gasteiger partial charge in [-0.3, -0.25) is 9.10 Å². The van der Waals surface area contributed by atoms with E-state index in [0.717, 1.165) is 30.4 Å². The second kappa shape index (κ2) is 10.2. The molecule has 2 rings (SSSR count). The van der Waals surface area contributed by atoms with Crippen LogP contribution in [0.5, 0.6) is 11.5 Å². The van der Waals surface area contributed by atoms with E-state index in [9.17, 15) is 13.2 Å². The average molecular weight is 421 g/mol. The topological polar surface area (TPSA) is 84.9 Å². The number of methoxy groups -OCH3 is 1. The molecule has 0 saturated carbocycles. The van der Waals surface area contributed by atoms with Gasteiger partial charge in [-0.05, 0) is 61.7 Å². The molecule has 0 aliphatic carbocycles. The predicted molar refractivity (Wildman–Crippen MR) is 114 cm³/mol. The van der Waals surface area contributed by atoms with Gasteiger partial charge in [0.25, 0.3) is 5.91 Å². The zero-order valence-electron chi connectivity index (χ0n) is 17.2. The largest absolute Gasteiger partial charge is 0.497 e. The highest BCUT2D eigenvalue weighted by atomic mass is 32.2. The maximum Gasteiger partial charge on any atom is 0.260 e. The summed E-state index contributed by atoms with van der Waals surface area (Å²) in [5.74, 6) is 1.12. The summed E-state index contributed by atoms with van der Waals surface area (Å²) in [4.78, 5) is 12.2. The van der Waals surface area contributed by atoms with Crippen molar-refractivity contribution in [1.29, 1.82) is 0 Å². The van der Waals surface area contributed by atoms with Gasteiger partial charge in [-0.2, -0.15) is 0 Å². The molecule has 0 fully saturated rings. The molecule has 158 valence electrons. The lowest BCUT2D eigenvalue weighted by atomic mass is 10.1. The van der Waals surface area contributed by atoms with Crippen molar-refractivity contribution in [3.05, 3.63) is 54.1 Å². The van der Waals surface area contributed by atoms with Gasteiger partial charge in [0.15, 0.2) is 6.10 Å². The monoisotopic (exact) mass is 420 g/mol. The number of hydrogen-bond acceptors (Lipinski definition) is 5. The third-order valence-corrected chi connectivity index (χ3v) is 5.66. The molecular formula is C21H28N2O5S. The summed E-state index contributed by atoms with van der Waals surface area (Å²) in [6, 6.07) is 14.4. The van der Waals surface area contributed by atoms with Gasteiger partial charge < -0.3 is 14.8 Å². The van der Waals surface area contributed by atoms with E-state index >= 15 is 0 Å². The van der Waals surface area contributed by atoms with E-state index in [0.29, 0.717) is 18.0 Å². The maximum absolute atomic E-state index is 12.2. The molecule has 8 heteroatoms. The van der Waals surface area contributed by atoms with Gasteiger partial charge >= 0.3 is 0 Å². The summed E-state index contributed by atoms with van der Waals surface area (Å²) in [6.07, 6.45) is 2.11. The van der Waals surface area contributed by atoms with Gasteiger partial charge in [0.1, 0.15) is 11.5 Å². The molecule has 0 aromatic heterocycles. The molecule has 2 aromatic carbocycles. The molecule has 7 nitrogen and oxygen atoms in total. The zero-order valence-corrected chi connectivity index (χ0v) is 18.0.